The van der Waals surface area contributed by atoms with Crippen LogP contribution >= 0.6 is 11.6 Å². The summed E-state index contributed by atoms with van der Waals surface area (Å²) in [4.78, 5) is 25.4. The van der Waals surface area contributed by atoms with Gasteiger partial charge in [-0.3, -0.25) is 9.59 Å². The lowest BCUT2D eigenvalue weighted by Crippen LogP contribution is -2.28. The minimum Gasteiger partial charge on any atom is -0.345 e. The largest absolute Gasteiger partial charge is 0.345 e. The smallest absolute Gasteiger partial charge is 0.257 e. The van der Waals surface area contributed by atoms with Crippen LogP contribution in [0.2, 0.25) is 5.02 Å². The van der Waals surface area contributed by atoms with Crippen molar-refractivity contribution >= 4 is 29.1 Å². The number of carbonyl (C=O) groups excluding carboxylic acids is 2. The fourth-order valence-electron chi connectivity index (χ4n) is 2.88. The predicted octanol–water partition coefficient (Wildman–Crippen LogP) is 5.39. The summed E-state index contributed by atoms with van der Waals surface area (Å²) >= 11 is 6.19. The first-order valence-electron chi connectivity index (χ1n) is 8.98. The number of para-hydroxylation sites is 1. The molecule has 0 radical (unpaired) electrons. The molecule has 0 aliphatic heterocycles. The third kappa shape index (κ3) is 4.59. The van der Waals surface area contributed by atoms with E-state index in [2.05, 4.69) is 10.6 Å². The van der Waals surface area contributed by atoms with Crippen molar-refractivity contribution in [1.82, 2.24) is 5.32 Å². The van der Waals surface area contributed by atoms with E-state index >= 15 is 0 Å². The third-order valence-corrected chi connectivity index (χ3v) is 4.75. The normalized spacial score (nSPS) is 11.5. The van der Waals surface area contributed by atoms with Gasteiger partial charge in [0.15, 0.2) is 0 Å². The molecule has 2 N–H and O–H groups in total. The number of hydrogen-bond donors (Lipinski definition) is 2. The zero-order valence-corrected chi connectivity index (χ0v) is 16.5. The Hall–Kier alpha value is -3.11. The molecule has 0 unspecified atom stereocenters. The highest BCUT2D eigenvalue weighted by Gasteiger charge is 2.17. The Labute approximate surface area is 169 Å². The van der Waals surface area contributed by atoms with Crippen LogP contribution in [-0.4, -0.2) is 11.8 Å². The van der Waals surface area contributed by atoms with E-state index in [9.17, 15) is 9.59 Å². The summed E-state index contributed by atoms with van der Waals surface area (Å²) in [5.41, 5.74) is 3.16. The van der Waals surface area contributed by atoms with Gasteiger partial charge in [-0.05, 0) is 49.2 Å². The summed E-state index contributed by atoms with van der Waals surface area (Å²) in [5, 5.41) is 6.14. The Morgan fingerprint density at radius 1 is 0.857 bits per heavy atom. The molecule has 1 atom stereocenters. The molecule has 0 heterocycles. The highest BCUT2D eigenvalue weighted by molar-refractivity contribution is 6.34. The van der Waals surface area contributed by atoms with Crippen molar-refractivity contribution in [1.29, 1.82) is 0 Å². The lowest BCUT2D eigenvalue weighted by Gasteiger charge is -2.16. The average molecular weight is 393 g/mol. The van der Waals surface area contributed by atoms with Crippen LogP contribution in [0.15, 0.2) is 72.8 Å². The number of amides is 2. The molecule has 2 amide bonds. The molecule has 4 nitrogen and oxygen atoms in total. The molecule has 3 rings (SSSR count). The molecule has 0 spiro atoms. The molecular formula is C23H21ClN2O2. The summed E-state index contributed by atoms with van der Waals surface area (Å²) in [6.45, 7) is 3.82. The van der Waals surface area contributed by atoms with E-state index in [1.54, 1.807) is 36.4 Å². The number of halogens is 1. The van der Waals surface area contributed by atoms with Crippen molar-refractivity contribution in [2.45, 2.75) is 19.9 Å². The molecule has 3 aromatic carbocycles. The van der Waals surface area contributed by atoms with Crippen LogP contribution in [0, 0.1) is 6.92 Å². The first kappa shape index (κ1) is 19.6. The number of benzene rings is 3. The van der Waals surface area contributed by atoms with Crippen LogP contribution in [0.25, 0.3) is 0 Å². The van der Waals surface area contributed by atoms with Gasteiger partial charge in [-0.2, -0.15) is 0 Å². The summed E-state index contributed by atoms with van der Waals surface area (Å²) in [7, 11) is 0. The second-order valence-corrected chi connectivity index (χ2v) is 7.00. The number of aryl methyl sites for hydroxylation is 1. The maximum atomic E-state index is 12.8. The maximum absolute atomic E-state index is 12.8. The first-order chi connectivity index (χ1) is 13.5. The van der Waals surface area contributed by atoms with Crippen LogP contribution in [0.5, 0.6) is 0 Å². The van der Waals surface area contributed by atoms with Gasteiger partial charge in [-0.1, -0.05) is 60.1 Å². The number of hydrogen-bond acceptors (Lipinski definition) is 2. The highest BCUT2D eigenvalue weighted by Crippen LogP contribution is 2.22. The van der Waals surface area contributed by atoms with Gasteiger partial charge in [0.25, 0.3) is 11.8 Å². The molecule has 0 saturated carbocycles. The second-order valence-electron chi connectivity index (χ2n) is 6.59. The SMILES string of the molecule is Cc1ccc(C(=O)Nc2ccccc2C(=O)N[C@H](C)c2ccccc2)c(Cl)c1. The van der Waals surface area contributed by atoms with Crippen molar-refractivity contribution < 1.29 is 9.59 Å². The standard InChI is InChI=1S/C23H21ClN2O2/c1-15-12-13-18(20(24)14-15)22(27)26-21-11-7-6-10-19(21)23(28)25-16(2)17-8-4-3-5-9-17/h3-14,16H,1-2H3,(H,25,28)(H,26,27)/t16-/m1/s1. The fourth-order valence-corrected chi connectivity index (χ4v) is 3.20. The molecule has 0 aliphatic rings. The van der Waals surface area contributed by atoms with Gasteiger partial charge < -0.3 is 10.6 Å². The Kier molecular flexibility index (Phi) is 6.12. The van der Waals surface area contributed by atoms with Crippen molar-refractivity contribution in [2.24, 2.45) is 0 Å². The Morgan fingerprint density at radius 2 is 1.54 bits per heavy atom. The summed E-state index contributed by atoms with van der Waals surface area (Å²) in [5.74, 6) is -0.622. The Balaban J connectivity index is 1.79. The zero-order valence-electron chi connectivity index (χ0n) is 15.7. The summed E-state index contributed by atoms with van der Waals surface area (Å²) < 4.78 is 0. The molecule has 3 aromatic rings. The monoisotopic (exact) mass is 392 g/mol. The van der Waals surface area contributed by atoms with Crippen LogP contribution < -0.4 is 10.6 Å². The highest BCUT2D eigenvalue weighted by atomic mass is 35.5. The minimum absolute atomic E-state index is 0.163. The van der Waals surface area contributed by atoms with Crippen molar-refractivity contribution in [3.63, 3.8) is 0 Å². The molecule has 0 bridgehead atoms. The third-order valence-electron chi connectivity index (χ3n) is 4.44. The second kappa shape index (κ2) is 8.72. The van der Waals surface area contributed by atoms with Crippen LogP contribution in [0.1, 0.15) is 44.8 Å². The van der Waals surface area contributed by atoms with E-state index in [0.717, 1.165) is 11.1 Å². The number of carbonyl (C=O) groups is 2. The number of anilines is 1. The average Bonchev–Trinajstić information content (AvgIpc) is 2.68. The van der Waals surface area contributed by atoms with Crippen LogP contribution in [0.4, 0.5) is 5.69 Å². The van der Waals surface area contributed by atoms with Gasteiger partial charge in [0.2, 0.25) is 0 Å². The van der Waals surface area contributed by atoms with Crippen molar-refractivity contribution in [3.05, 3.63) is 100 Å². The molecule has 0 aromatic heterocycles. The van der Waals surface area contributed by atoms with E-state index in [4.69, 9.17) is 11.6 Å². The van der Waals surface area contributed by atoms with Gasteiger partial charge in [0, 0.05) is 0 Å². The quantitative estimate of drug-likeness (QED) is 0.611. The molecule has 0 saturated heterocycles. The first-order valence-corrected chi connectivity index (χ1v) is 9.36. The molecule has 142 valence electrons. The zero-order chi connectivity index (χ0) is 20.1. The maximum Gasteiger partial charge on any atom is 0.257 e. The predicted molar refractivity (Wildman–Crippen MR) is 113 cm³/mol. The van der Waals surface area contributed by atoms with Gasteiger partial charge in [0.1, 0.15) is 0 Å². The lowest BCUT2D eigenvalue weighted by molar-refractivity contribution is 0.0941. The molecule has 28 heavy (non-hydrogen) atoms. The van der Waals surface area contributed by atoms with Crippen LogP contribution in [-0.2, 0) is 0 Å². The fraction of sp³-hybridized carbons (Fsp3) is 0.130. The van der Waals surface area contributed by atoms with Crippen molar-refractivity contribution in [3.8, 4) is 0 Å². The van der Waals surface area contributed by atoms with Gasteiger partial charge in [-0.25, -0.2) is 0 Å². The Morgan fingerprint density at radius 3 is 2.25 bits per heavy atom. The minimum atomic E-state index is -0.360. The molecule has 0 fully saturated rings. The van der Waals surface area contributed by atoms with Gasteiger partial charge in [-0.15, -0.1) is 0 Å². The summed E-state index contributed by atoms with van der Waals surface area (Å²) in [6.07, 6.45) is 0. The molecular weight excluding hydrogens is 372 g/mol. The number of rotatable bonds is 5. The van der Waals surface area contributed by atoms with E-state index in [1.165, 1.54) is 0 Å². The Bertz CT molecular complexity index is 1000. The van der Waals surface area contributed by atoms with Gasteiger partial charge >= 0.3 is 0 Å². The van der Waals surface area contributed by atoms with Crippen LogP contribution in [0.3, 0.4) is 0 Å². The topological polar surface area (TPSA) is 58.2 Å². The van der Waals surface area contributed by atoms with E-state index < -0.39 is 0 Å². The molecule has 0 aliphatic carbocycles. The van der Waals surface area contributed by atoms with E-state index in [0.29, 0.717) is 21.8 Å². The number of nitrogens with one attached hydrogen (secondary N) is 2. The van der Waals surface area contributed by atoms with E-state index in [-0.39, 0.29) is 17.9 Å². The lowest BCUT2D eigenvalue weighted by atomic mass is 10.1. The van der Waals surface area contributed by atoms with Gasteiger partial charge in [0.05, 0.1) is 27.9 Å². The summed E-state index contributed by atoms with van der Waals surface area (Å²) in [6, 6.07) is 21.7. The van der Waals surface area contributed by atoms with Crippen molar-refractivity contribution in [2.75, 3.05) is 5.32 Å². The van der Waals surface area contributed by atoms with E-state index in [1.807, 2.05) is 50.2 Å². The molecule has 5 heteroatoms.